The van der Waals surface area contributed by atoms with E-state index < -0.39 is 0 Å². The number of carbonyl (C=O) groups is 1. The summed E-state index contributed by atoms with van der Waals surface area (Å²) in [6.45, 7) is 4.28. The lowest BCUT2D eigenvalue weighted by Crippen LogP contribution is -2.18. The van der Waals surface area contributed by atoms with Crippen molar-refractivity contribution in [3.63, 3.8) is 0 Å². The van der Waals surface area contributed by atoms with Gasteiger partial charge >= 0.3 is 0 Å². The maximum absolute atomic E-state index is 11.6. The number of hydrogen-bond donors (Lipinski definition) is 2. The number of amides is 1. The summed E-state index contributed by atoms with van der Waals surface area (Å²) in [5, 5.41) is 6.94. The van der Waals surface area contributed by atoms with Gasteiger partial charge in [-0.05, 0) is 26.0 Å². The van der Waals surface area contributed by atoms with E-state index in [0.29, 0.717) is 17.8 Å². The van der Waals surface area contributed by atoms with E-state index in [1.54, 1.807) is 30.1 Å². The van der Waals surface area contributed by atoms with E-state index in [-0.39, 0.29) is 5.91 Å². The van der Waals surface area contributed by atoms with Crippen molar-refractivity contribution >= 4 is 11.6 Å². The summed E-state index contributed by atoms with van der Waals surface area (Å²) in [6.07, 6.45) is 1.62. The molecule has 6 heteroatoms. The lowest BCUT2D eigenvalue weighted by atomic mass is 10.2. The van der Waals surface area contributed by atoms with Gasteiger partial charge in [-0.25, -0.2) is 0 Å². The molecule has 6 nitrogen and oxygen atoms in total. The van der Waals surface area contributed by atoms with Crippen LogP contribution in [-0.4, -0.2) is 27.7 Å². The van der Waals surface area contributed by atoms with Crippen molar-refractivity contribution in [1.82, 2.24) is 20.1 Å². The Morgan fingerprint density at radius 1 is 1.47 bits per heavy atom. The van der Waals surface area contributed by atoms with E-state index in [1.807, 2.05) is 13.8 Å². The number of rotatable bonds is 3. The molecule has 100 valence electrons. The molecule has 1 amide bonds. The summed E-state index contributed by atoms with van der Waals surface area (Å²) in [5.74, 6) is -0.128. The molecule has 2 aromatic rings. The van der Waals surface area contributed by atoms with Crippen LogP contribution in [0.1, 0.15) is 27.4 Å². The lowest BCUT2D eigenvalue weighted by Gasteiger charge is -2.06. The van der Waals surface area contributed by atoms with E-state index in [0.717, 1.165) is 17.1 Å². The van der Waals surface area contributed by atoms with Gasteiger partial charge in [-0.15, -0.1) is 0 Å². The molecule has 0 aliphatic carbocycles. The van der Waals surface area contributed by atoms with Crippen LogP contribution in [0.5, 0.6) is 0 Å². The molecule has 0 atom stereocenters. The molecule has 0 saturated heterocycles. The zero-order valence-electron chi connectivity index (χ0n) is 11.3. The van der Waals surface area contributed by atoms with Crippen molar-refractivity contribution in [2.45, 2.75) is 20.4 Å². The highest BCUT2D eigenvalue weighted by atomic mass is 16.1. The fraction of sp³-hybridized carbons (Fsp3) is 0.308. The van der Waals surface area contributed by atoms with Crippen molar-refractivity contribution in [2.75, 3.05) is 12.8 Å². The molecule has 0 bridgehead atoms. The fourth-order valence-corrected chi connectivity index (χ4v) is 1.87. The molecule has 2 aromatic heterocycles. The smallest absolute Gasteiger partial charge is 0.251 e. The van der Waals surface area contributed by atoms with Gasteiger partial charge in [0.05, 0.1) is 29.3 Å². The highest BCUT2D eigenvalue weighted by molar-refractivity contribution is 5.93. The topological polar surface area (TPSA) is 85.8 Å². The fourth-order valence-electron chi connectivity index (χ4n) is 1.87. The Morgan fingerprint density at radius 3 is 2.79 bits per heavy atom. The van der Waals surface area contributed by atoms with Crippen molar-refractivity contribution in [3.05, 3.63) is 41.0 Å². The minimum absolute atomic E-state index is 0.128. The number of nitrogens with zero attached hydrogens (tertiary/aromatic N) is 3. The third kappa shape index (κ3) is 2.57. The number of hydrogen-bond acceptors (Lipinski definition) is 4. The first-order valence-electron chi connectivity index (χ1n) is 5.99. The number of aromatic nitrogens is 3. The van der Waals surface area contributed by atoms with Gasteiger partial charge in [-0.1, -0.05) is 0 Å². The monoisotopic (exact) mass is 259 g/mol. The quantitative estimate of drug-likeness (QED) is 0.857. The van der Waals surface area contributed by atoms with E-state index in [4.69, 9.17) is 5.73 Å². The van der Waals surface area contributed by atoms with Crippen LogP contribution in [0.15, 0.2) is 18.3 Å². The molecular formula is C13H17N5O. The summed E-state index contributed by atoms with van der Waals surface area (Å²) < 4.78 is 1.79. The zero-order valence-corrected chi connectivity index (χ0v) is 11.3. The number of carbonyl (C=O) groups excluding carboxylic acids is 1. The van der Waals surface area contributed by atoms with Crippen LogP contribution in [0.25, 0.3) is 0 Å². The SMILES string of the molecule is CNC(=O)c1ccnc(Cn2nc(C)c(N)c2C)c1. The standard InChI is InChI=1S/C13H17N5O/c1-8-12(14)9(2)18(17-8)7-11-6-10(4-5-16-11)13(19)15-3/h4-6H,7,14H2,1-3H3,(H,15,19). The Bertz CT molecular complexity index is 617. The second-order valence-electron chi connectivity index (χ2n) is 4.36. The maximum Gasteiger partial charge on any atom is 0.251 e. The minimum atomic E-state index is -0.128. The van der Waals surface area contributed by atoms with Gasteiger partial charge in [0.1, 0.15) is 0 Å². The van der Waals surface area contributed by atoms with Crippen molar-refractivity contribution in [3.8, 4) is 0 Å². The molecule has 0 fully saturated rings. The van der Waals surface area contributed by atoms with Gasteiger partial charge in [0.2, 0.25) is 0 Å². The molecule has 0 aromatic carbocycles. The van der Waals surface area contributed by atoms with Crippen molar-refractivity contribution < 1.29 is 4.79 Å². The predicted molar refractivity (Wildman–Crippen MR) is 72.8 cm³/mol. The Morgan fingerprint density at radius 2 is 2.21 bits per heavy atom. The molecular weight excluding hydrogens is 242 g/mol. The van der Waals surface area contributed by atoms with Crippen LogP contribution in [0.4, 0.5) is 5.69 Å². The highest BCUT2D eigenvalue weighted by Gasteiger charge is 2.10. The number of nitrogens with one attached hydrogen (secondary N) is 1. The average molecular weight is 259 g/mol. The normalized spacial score (nSPS) is 10.5. The van der Waals surface area contributed by atoms with Crippen LogP contribution in [0.2, 0.25) is 0 Å². The second-order valence-corrected chi connectivity index (χ2v) is 4.36. The number of anilines is 1. The summed E-state index contributed by atoms with van der Waals surface area (Å²) in [4.78, 5) is 15.8. The number of aryl methyl sites for hydroxylation is 1. The Hall–Kier alpha value is -2.37. The Balaban J connectivity index is 2.28. The Labute approximate surface area is 111 Å². The highest BCUT2D eigenvalue weighted by Crippen LogP contribution is 2.16. The first-order chi connectivity index (χ1) is 9.02. The predicted octanol–water partition coefficient (Wildman–Crippen LogP) is 0.885. The lowest BCUT2D eigenvalue weighted by molar-refractivity contribution is 0.0963. The van der Waals surface area contributed by atoms with Crippen molar-refractivity contribution in [2.24, 2.45) is 0 Å². The summed E-state index contributed by atoms with van der Waals surface area (Å²) >= 11 is 0. The molecule has 2 rings (SSSR count). The second kappa shape index (κ2) is 5.09. The maximum atomic E-state index is 11.6. The van der Waals surface area contributed by atoms with Gasteiger partial charge in [0.15, 0.2) is 0 Å². The third-order valence-corrected chi connectivity index (χ3v) is 3.06. The molecule has 0 radical (unpaired) electrons. The Kier molecular flexibility index (Phi) is 3.50. The zero-order chi connectivity index (χ0) is 14.0. The van der Waals surface area contributed by atoms with E-state index in [2.05, 4.69) is 15.4 Å². The average Bonchev–Trinajstić information content (AvgIpc) is 2.66. The minimum Gasteiger partial charge on any atom is -0.396 e. The number of nitrogen functional groups attached to an aromatic ring is 1. The molecule has 0 aliphatic rings. The van der Waals surface area contributed by atoms with Crippen LogP contribution in [0.3, 0.4) is 0 Å². The van der Waals surface area contributed by atoms with Gasteiger partial charge in [0.25, 0.3) is 5.91 Å². The molecule has 3 N–H and O–H groups in total. The van der Waals surface area contributed by atoms with Crippen LogP contribution in [0, 0.1) is 13.8 Å². The van der Waals surface area contributed by atoms with E-state index in [1.165, 1.54) is 0 Å². The molecule has 0 saturated carbocycles. The summed E-state index contributed by atoms with van der Waals surface area (Å²) in [6, 6.07) is 3.43. The first-order valence-corrected chi connectivity index (χ1v) is 5.99. The number of pyridine rings is 1. The molecule has 0 aliphatic heterocycles. The molecule has 19 heavy (non-hydrogen) atoms. The van der Waals surface area contributed by atoms with Crippen LogP contribution < -0.4 is 11.1 Å². The van der Waals surface area contributed by atoms with E-state index >= 15 is 0 Å². The largest absolute Gasteiger partial charge is 0.396 e. The summed E-state index contributed by atoms with van der Waals surface area (Å²) in [5.41, 5.74) is 9.65. The van der Waals surface area contributed by atoms with Gasteiger partial charge in [-0.3, -0.25) is 14.5 Å². The van der Waals surface area contributed by atoms with Crippen molar-refractivity contribution in [1.29, 1.82) is 0 Å². The number of nitrogens with two attached hydrogens (primary N) is 1. The van der Waals surface area contributed by atoms with Crippen LogP contribution in [-0.2, 0) is 6.54 Å². The van der Waals surface area contributed by atoms with Gasteiger partial charge < -0.3 is 11.1 Å². The van der Waals surface area contributed by atoms with Gasteiger partial charge in [0, 0.05) is 18.8 Å². The molecule has 0 unspecified atom stereocenters. The first kappa shape index (κ1) is 13.1. The molecule has 0 spiro atoms. The third-order valence-electron chi connectivity index (χ3n) is 3.06. The van der Waals surface area contributed by atoms with Crippen LogP contribution >= 0.6 is 0 Å². The van der Waals surface area contributed by atoms with E-state index in [9.17, 15) is 4.79 Å². The summed E-state index contributed by atoms with van der Waals surface area (Å²) in [7, 11) is 1.60. The molecule has 2 heterocycles. The van der Waals surface area contributed by atoms with Gasteiger partial charge in [-0.2, -0.15) is 5.10 Å².